The minimum Gasteiger partial charge on any atom is -0.387 e. The summed E-state index contributed by atoms with van der Waals surface area (Å²) in [6, 6.07) is 5.66. The molecule has 5 rings (SSSR count). The molecule has 0 spiro atoms. The number of carbonyl (C=O) groups excluding carboxylic acids is 1. The molecule has 2 N–H and O–H groups in total. The Bertz CT molecular complexity index is 1220. The normalized spacial score (nSPS) is 12.9. The molecule has 33 heavy (non-hydrogen) atoms. The van der Waals surface area contributed by atoms with E-state index in [9.17, 15) is 9.90 Å². The second-order valence-corrected chi connectivity index (χ2v) is 7.73. The van der Waals surface area contributed by atoms with Gasteiger partial charge < -0.3 is 10.4 Å². The van der Waals surface area contributed by atoms with Crippen molar-refractivity contribution in [3.05, 3.63) is 48.2 Å². The van der Waals surface area contributed by atoms with Gasteiger partial charge in [-0.25, -0.2) is 14.5 Å². The number of amides is 1. The fourth-order valence-electron chi connectivity index (χ4n) is 3.37. The molecule has 4 aromatic heterocycles. The van der Waals surface area contributed by atoms with E-state index in [1.165, 1.54) is 25.6 Å². The van der Waals surface area contributed by atoms with Crippen LogP contribution in [0.15, 0.2) is 36.9 Å². The van der Waals surface area contributed by atoms with Gasteiger partial charge in [0.2, 0.25) is 6.41 Å². The summed E-state index contributed by atoms with van der Waals surface area (Å²) in [5.41, 5.74) is 4.94. The molecule has 0 bridgehead atoms. The lowest BCUT2D eigenvalue weighted by Crippen LogP contribution is -2.02. The highest BCUT2D eigenvalue weighted by Gasteiger charge is 2.16. The highest BCUT2D eigenvalue weighted by Crippen LogP contribution is 2.31. The first kappa shape index (κ1) is 24.3. The van der Waals surface area contributed by atoms with E-state index in [0.29, 0.717) is 30.0 Å². The number of nitrogens with one attached hydrogen (secondary N) is 1. The maximum absolute atomic E-state index is 10.7. The fraction of sp³-hybridized carbons (Fsp3) is 0.400. The van der Waals surface area contributed by atoms with Crippen LogP contribution in [0.2, 0.25) is 0 Å². The number of hydrogen-bond donors (Lipinski definition) is 2. The monoisotopic (exact) mass is 448 g/mol. The molecule has 1 aliphatic rings. The van der Waals surface area contributed by atoms with Gasteiger partial charge in [0.15, 0.2) is 5.65 Å². The molecular weight excluding hydrogens is 416 g/mol. The number of hydrogen-bond acceptors (Lipinski definition) is 6. The minimum atomic E-state index is -0.560. The average Bonchev–Trinajstić information content (AvgIpc) is 3.64. The van der Waals surface area contributed by atoms with Crippen molar-refractivity contribution in [1.29, 1.82) is 0 Å². The van der Waals surface area contributed by atoms with Crippen LogP contribution in [0, 0.1) is 6.92 Å². The molecule has 174 valence electrons. The van der Waals surface area contributed by atoms with Crippen LogP contribution in [0.25, 0.3) is 27.7 Å². The topological polar surface area (TPSA) is 105 Å². The molecule has 0 radical (unpaired) electrons. The molecule has 0 aliphatic heterocycles. The van der Waals surface area contributed by atoms with Gasteiger partial charge in [-0.2, -0.15) is 5.10 Å². The van der Waals surface area contributed by atoms with Crippen molar-refractivity contribution < 1.29 is 9.90 Å². The van der Waals surface area contributed by atoms with E-state index in [0.717, 1.165) is 34.0 Å². The summed E-state index contributed by atoms with van der Waals surface area (Å²) in [7, 11) is 0. The smallest absolute Gasteiger partial charge is 0.212 e. The van der Waals surface area contributed by atoms with Gasteiger partial charge in [-0.1, -0.05) is 46.5 Å². The predicted molar refractivity (Wildman–Crippen MR) is 131 cm³/mol. The standard InChI is InChI=1S/C20H20N6O2.C3H6.C2H6/c1-3-4-18(28)16-5-12(2)15(9-21-16)14-6-13-8-22-19(24-11-27)7-17(13)26-20(14)23-10-25-26;1-2-3-1;1-2/h5-11,18,28H,3-4H2,1-2H3,(H,22,24,27);1-3H2;1-2H3. The van der Waals surface area contributed by atoms with Crippen molar-refractivity contribution in [3.63, 3.8) is 0 Å². The first-order valence-electron chi connectivity index (χ1n) is 11.6. The van der Waals surface area contributed by atoms with E-state index in [1.54, 1.807) is 23.0 Å². The Labute approximate surface area is 194 Å². The molecule has 1 fully saturated rings. The Morgan fingerprint density at radius 3 is 2.48 bits per heavy atom. The number of aryl methyl sites for hydroxylation is 1. The predicted octanol–water partition coefficient (Wildman–Crippen LogP) is 5.25. The molecule has 1 amide bonds. The van der Waals surface area contributed by atoms with Gasteiger partial charge in [0, 0.05) is 35.0 Å². The molecule has 8 nitrogen and oxygen atoms in total. The van der Waals surface area contributed by atoms with Crippen LogP contribution in [0.1, 0.15) is 70.2 Å². The molecule has 1 unspecified atom stereocenters. The summed E-state index contributed by atoms with van der Waals surface area (Å²) >= 11 is 0. The number of carbonyl (C=O) groups is 1. The van der Waals surface area contributed by atoms with Crippen molar-refractivity contribution in [3.8, 4) is 11.1 Å². The highest BCUT2D eigenvalue weighted by atomic mass is 16.3. The lowest BCUT2D eigenvalue weighted by molar-refractivity contribution is -0.105. The third-order valence-electron chi connectivity index (χ3n) is 5.11. The third-order valence-corrected chi connectivity index (χ3v) is 5.11. The first-order valence-corrected chi connectivity index (χ1v) is 11.6. The van der Waals surface area contributed by atoms with Gasteiger partial charge in [-0.05, 0) is 31.0 Å². The van der Waals surface area contributed by atoms with Gasteiger partial charge in [0.1, 0.15) is 12.1 Å². The molecule has 8 heteroatoms. The molecule has 4 aromatic rings. The van der Waals surface area contributed by atoms with E-state index >= 15 is 0 Å². The fourth-order valence-corrected chi connectivity index (χ4v) is 3.37. The number of nitrogens with zero attached hydrogens (tertiary/aromatic N) is 5. The Morgan fingerprint density at radius 1 is 1.09 bits per heavy atom. The zero-order valence-corrected chi connectivity index (χ0v) is 19.7. The minimum absolute atomic E-state index is 0.444. The van der Waals surface area contributed by atoms with Gasteiger partial charge in [0.05, 0.1) is 17.3 Å². The van der Waals surface area contributed by atoms with Crippen LogP contribution in [0.5, 0.6) is 0 Å². The van der Waals surface area contributed by atoms with Gasteiger partial charge >= 0.3 is 0 Å². The molecule has 1 atom stereocenters. The van der Waals surface area contributed by atoms with Gasteiger partial charge in [-0.3, -0.25) is 9.78 Å². The van der Waals surface area contributed by atoms with E-state index < -0.39 is 6.10 Å². The zero-order chi connectivity index (χ0) is 23.8. The molecule has 1 aliphatic carbocycles. The third kappa shape index (κ3) is 5.70. The van der Waals surface area contributed by atoms with E-state index in [4.69, 9.17) is 0 Å². The van der Waals surface area contributed by atoms with E-state index in [-0.39, 0.29) is 0 Å². The van der Waals surface area contributed by atoms with Crippen molar-refractivity contribution >= 4 is 28.8 Å². The van der Waals surface area contributed by atoms with Gasteiger partial charge in [-0.15, -0.1) is 0 Å². The summed E-state index contributed by atoms with van der Waals surface area (Å²) in [4.78, 5) is 23.8. The lowest BCUT2D eigenvalue weighted by atomic mass is 10.00. The summed E-state index contributed by atoms with van der Waals surface area (Å²) in [5.74, 6) is 0.444. The molecular formula is C25H32N6O2. The van der Waals surface area contributed by atoms with Crippen molar-refractivity contribution in [2.75, 3.05) is 5.32 Å². The number of fused-ring (bicyclic) bond motifs is 3. The summed E-state index contributed by atoms with van der Waals surface area (Å²) < 4.78 is 1.72. The summed E-state index contributed by atoms with van der Waals surface area (Å²) in [6.45, 7) is 8.03. The largest absolute Gasteiger partial charge is 0.387 e. The number of rotatable bonds is 6. The van der Waals surface area contributed by atoms with Crippen LogP contribution in [-0.4, -0.2) is 36.1 Å². The quantitative estimate of drug-likeness (QED) is 0.391. The first-order chi connectivity index (χ1) is 16.1. The van der Waals surface area contributed by atoms with Crippen molar-refractivity contribution in [1.82, 2.24) is 24.6 Å². The number of anilines is 1. The number of aliphatic hydroxyl groups excluding tert-OH is 1. The molecule has 0 saturated heterocycles. The maximum atomic E-state index is 10.7. The maximum Gasteiger partial charge on any atom is 0.212 e. The Hall–Kier alpha value is -3.39. The average molecular weight is 449 g/mol. The Balaban J connectivity index is 0.000000554. The van der Waals surface area contributed by atoms with Crippen LogP contribution in [0.3, 0.4) is 0 Å². The number of pyridine rings is 3. The number of aromatic nitrogens is 5. The van der Waals surface area contributed by atoms with E-state index in [2.05, 4.69) is 25.4 Å². The summed E-state index contributed by atoms with van der Waals surface area (Å²) in [5, 5.41) is 18.0. The molecule has 4 heterocycles. The van der Waals surface area contributed by atoms with Crippen molar-refractivity contribution in [2.45, 2.75) is 65.9 Å². The number of aliphatic hydroxyl groups is 1. The second kappa shape index (κ2) is 11.5. The van der Waals surface area contributed by atoms with Gasteiger partial charge in [0.25, 0.3) is 0 Å². The Morgan fingerprint density at radius 2 is 1.85 bits per heavy atom. The second-order valence-electron chi connectivity index (χ2n) is 7.73. The lowest BCUT2D eigenvalue weighted by Gasteiger charge is -2.13. The summed E-state index contributed by atoms with van der Waals surface area (Å²) in [6.07, 6.45) is 11.1. The van der Waals surface area contributed by atoms with Crippen LogP contribution < -0.4 is 5.32 Å². The van der Waals surface area contributed by atoms with Crippen molar-refractivity contribution in [2.24, 2.45) is 0 Å². The highest BCUT2D eigenvalue weighted by molar-refractivity contribution is 5.92. The van der Waals surface area contributed by atoms with Crippen LogP contribution in [0.4, 0.5) is 5.82 Å². The molecule has 1 saturated carbocycles. The SMILES string of the molecule is C1CC1.CC.CCCC(O)c1cc(C)c(-c2cc3cnc(NC=O)cc3n3ncnc23)cn1. The Kier molecular flexibility index (Phi) is 8.43. The zero-order valence-electron chi connectivity index (χ0n) is 19.7. The van der Waals surface area contributed by atoms with Crippen LogP contribution in [-0.2, 0) is 4.79 Å². The van der Waals surface area contributed by atoms with E-state index in [1.807, 2.05) is 39.8 Å². The molecule has 0 aromatic carbocycles. The van der Waals surface area contributed by atoms with Crippen LogP contribution >= 0.6 is 0 Å².